The zero-order valence-corrected chi connectivity index (χ0v) is 17.1. The van der Waals surface area contributed by atoms with Crippen LogP contribution in [-0.4, -0.2) is 59.1 Å². The van der Waals surface area contributed by atoms with E-state index >= 15 is 0 Å². The number of pyridine rings is 1. The molecule has 3 aromatic rings. The van der Waals surface area contributed by atoms with Gasteiger partial charge >= 0.3 is 0 Å². The molecular formula is C19H21FN6O2S. The van der Waals surface area contributed by atoms with Crippen molar-refractivity contribution in [3.63, 3.8) is 0 Å². The second kappa shape index (κ2) is 7.88. The third-order valence-corrected chi connectivity index (χ3v) is 6.01. The molecule has 0 aromatic carbocycles. The van der Waals surface area contributed by atoms with Crippen molar-refractivity contribution in [2.24, 2.45) is 0 Å². The van der Waals surface area contributed by atoms with E-state index in [1.54, 1.807) is 18.2 Å². The SMILES string of the molecule is CNc1cc2nc(N[C@@H](C)c3cncc(F)c3)nc(C(=O)N3CC(OC)C3)c2s1. The van der Waals surface area contributed by atoms with Crippen molar-refractivity contribution < 1.29 is 13.9 Å². The van der Waals surface area contributed by atoms with E-state index in [4.69, 9.17) is 4.74 Å². The fourth-order valence-corrected chi connectivity index (χ4v) is 4.04. The summed E-state index contributed by atoms with van der Waals surface area (Å²) >= 11 is 1.43. The normalized spacial score (nSPS) is 15.2. The number of aromatic nitrogens is 3. The van der Waals surface area contributed by atoms with Gasteiger partial charge in [0.05, 0.1) is 33.6 Å². The molecule has 0 spiro atoms. The van der Waals surface area contributed by atoms with Crippen LogP contribution in [0, 0.1) is 5.82 Å². The van der Waals surface area contributed by atoms with Gasteiger partial charge in [-0.25, -0.2) is 14.4 Å². The Labute approximate surface area is 171 Å². The Kier molecular flexibility index (Phi) is 5.29. The van der Waals surface area contributed by atoms with Crippen molar-refractivity contribution in [1.82, 2.24) is 19.9 Å². The predicted molar refractivity (Wildman–Crippen MR) is 110 cm³/mol. The summed E-state index contributed by atoms with van der Waals surface area (Å²) in [6.45, 7) is 2.94. The van der Waals surface area contributed by atoms with E-state index < -0.39 is 5.82 Å². The van der Waals surface area contributed by atoms with Gasteiger partial charge in [-0.15, -0.1) is 11.3 Å². The Morgan fingerprint density at radius 2 is 2.14 bits per heavy atom. The summed E-state index contributed by atoms with van der Waals surface area (Å²) in [4.78, 5) is 27.7. The molecule has 1 saturated heterocycles. The lowest BCUT2D eigenvalue weighted by Gasteiger charge is -2.37. The molecule has 0 aliphatic carbocycles. The van der Waals surface area contributed by atoms with Gasteiger partial charge in [0.1, 0.15) is 5.82 Å². The highest BCUT2D eigenvalue weighted by atomic mass is 32.1. The molecule has 2 N–H and O–H groups in total. The van der Waals surface area contributed by atoms with E-state index in [0.717, 1.165) is 15.9 Å². The minimum Gasteiger partial charge on any atom is -0.380 e. The second-order valence-corrected chi connectivity index (χ2v) is 7.89. The Balaban J connectivity index is 1.67. The molecule has 3 aromatic heterocycles. The number of amides is 1. The highest BCUT2D eigenvalue weighted by molar-refractivity contribution is 7.23. The van der Waals surface area contributed by atoms with E-state index in [-0.39, 0.29) is 18.1 Å². The van der Waals surface area contributed by atoms with E-state index in [1.807, 2.05) is 20.0 Å². The summed E-state index contributed by atoms with van der Waals surface area (Å²) in [5.74, 6) is -0.259. The number of anilines is 2. The van der Waals surface area contributed by atoms with Crippen LogP contribution >= 0.6 is 11.3 Å². The average molecular weight is 416 g/mol. The van der Waals surface area contributed by atoms with Crippen LogP contribution < -0.4 is 10.6 Å². The molecule has 10 heteroatoms. The Hall–Kier alpha value is -2.85. The second-order valence-electron chi connectivity index (χ2n) is 6.84. The van der Waals surface area contributed by atoms with Gasteiger partial charge in [-0.05, 0) is 24.6 Å². The topological polar surface area (TPSA) is 92.3 Å². The average Bonchev–Trinajstić information content (AvgIpc) is 3.09. The van der Waals surface area contributed by atoms with Gasteiger partial charge in [0.25, 0.3) is 5.91 Å². The van der Waals surface area contributed by atoms with Crippen LogP contribution in [0.25, 0.3) is 10.2 Å². The molecule has 0 bridgehead atoms. The maximum absolute atomic E-state index is 13.5. The maximum Gasteiger partial charge on any atom is 0.274 e. The highest BCUT2D eigenvalue weighted by Gasteiger charge is 2.33. The van der Waals surface area contributed by atoms with Crippen molar-refractivity contribution in [3.8, 4) is 0 Å². The number of hydrogen-bond acceptors (Lipinski definition) is 8. The van der Waals surface area contributed by atoms with Crippen LogP contribution in [0.1, 0.15) is 29.0 Å². The maximum atomic E-state index is 13.5. The van der Waals surface area contributed by atoms with Crippen molar-refractivity contribution in [2.45, 2.75) is 19.1 Å². The number of nitrogens with zero attached hydrogens (tertiary/aromatic N) is 4. The van der Waals surface area contributed by atoms with E-state index in [2.05, 4.69) is 25.6 Å². The van der Waals surface area contributed by atoms with Crippen molar-refractivity contribution in [2.75, 3.05) is 37.9 Å². The molecule has 1 aliphatic rings. The first-order valence-corrected chi connectivity index (χ1v) is 9.98. The Morgan fingerprint density at radius 3 is 2.83 bits per heavy atom. The van der Waals surface area contributed by atoms with Crippen LogP contribution in [0.5, 0.6) is 0 Å². The first-order valence-electron chi connectivity index (χ1n) is 9.17. The fraction of sp³-hybridized carbons (Fsp3) is 0.368. The lowest BCUT2D eigenvalue weighted by molar-refractivity contribution is -0.0193. The van der Waals surface area contributed by atoms with Crippen LogP contribution in [0.3, 0.4) is 0 Å². The summed E-state index contributed by atoms with van der Waals surface area (Å²) in [6, 6.07) is 3.00. The molecule has 0 saturated carbocycles. The molecule has 1 fully saturated rings. The number of rotatable bonds is 6. The van der Waals surface area contributed by atoms with Gasteiger partial charge < -0.3 is 20.3 Å². The Morgan fingerprint density at radius 1 is 1.34 bits per heavy atom. The summed E-state index contributed by atoms with van der Waals surface area (Å²) < 4.78 is 19.5. The third kappa shape index (κ3) is 3.85. The molecule has 0 unspecified atom stereocenters. The molecule has 0 radical (unpaired) electrons. The van der Waals surface area contributed by atoms with Gasteiger partial charge in [-0.2, -0.15) is 0 Å². The number of carbonyl (C=O) groups is 1. The molecular weight excluding hydrogens is 395 g/mol. The molecule has 1 atom stereocenters. The first-order chi connectivity index (χ1) is 14.0. The molecule has 152 valence electrons. The minimum absolute atomic E-state index is 0.0607. The highest BCUT2D eigenvalue weighted by Crippen LogP contribution is 2.33. The van der Waals surface area contributed by atoms with Gasteiger partial charge in [-0.3, -0.25) is 9.78 Å². The van der Waals surface area contributed by atoms with Crippen molar-refractivity contribution in [3.05, 3.63) is 41.6 Å². The van der Waals surface area contributed by atoms with Crippen LogP contribution in [0.2, 0.25) is 0 Å². The monoisotopic (exact) mass is 416 g/mol. The molecule has 8 nitrogen and oxygen atoms in total. The van der Waals surface area contributed by atoms with Crippen LogP contribution in [0.4, 0.5) is 15.3 Å². The van der Waals surface area contributed by atoms with Gasteiger partial charge in [-0.1, -0.05) is 0 Å². The van der Waals surface area contributed by atoms with E-state index in [9.17, 15) is 9.18 Å². The zero-order valence-electron chi connectivity index (χ0n) is 16.3. The summed E-state index contributed by atoms with van der Waals surface area (Å²) in [5, 5.41) is 7.13. The molecule has 4 heterocycles. The van der Waals surface area contributed by atoms with Gasteiger partial charge in [0.15, 0.2) is 5.69 Å². The largest absolute Gasteiger partial charge is 0.380 e. The molecule has 1 amide bonds. The fourth-order valence-electron chi connectivity index (χ4n) is 3.11. The quantitative estimate of drug-likeness (QED) is 0.638. The van der Waals surface area contributed by atoms with Gasteiger partial charge in [0, 0.05) is 33.4 Å². The molecule has 1 aliphatic heterocycles. The number of methoxy groups -OCH3 is 1. The molecule has 4 rings (SSSR count). The lowest BCUT2D eigenvalue weighted by Crippen LogP contribution is -2.54. The smallest absolute Gasteiger partial charge is 0.274 e. The minimum atomic E-state index is -0.412. The summed E-state index contributed by atoms with van der Waals surface area (Å²) in [5.41, 5.74) is 1.69. The number of thiophene rings is 1. The van der Waals surface area contributed by atoms with E-state index in [1.165, 1.54) is 17.4 Å². The van der Waals surface area contributed by atoms with Crippen molar-refractivity contribution in [1.29, 1.82) is 0 Å². The predicted octanol–water partition coefficient (Wildman–Crippen LogP) is 2.91. The zero-order chi connectivity index (χ0) is 20.5. The number of hydrogen-bond donors (Lipinski definition) is 2. The summed E-state index contributed by atoms with van der Waals surface area (Å²) in [6.07, 6.45) is 2.80. The van der Waals surface area contributed by atoms with Crippen molar-refractivity contribution >= 4 is 38.4 Å². The third-order valence-electron chi connectivity index (χ3n) is 4.86. The number of halogens is 1. The number of carbonyl (C=O) groups excluding carboxylic acids is 1. The first kappa shape index (κ1) is 19.5. The number of ether oxygens (including phenoxy) is 1. The van der Waals surface area contributed by atoms with Crippen LogP contribution in [-0.2, 0) is 4.74 Å². The number of likely N-dealkylation sites (tertiary alicyclic amines) is 1. The van der Waals surface area contributed by atoms with Gasteiger partial charge in [0.2, 0.25) is 5.95 Å². The van der Waals surface area contributed by atoms with Crippen LogP contribution in [0.15, 0.2) is 24.5 Å². The Bertz CT molecular complexity index is 1050. The number of fused-ring (bicyclic) bond motifs is 1. The number of nitrogens with one attached hydrogen (secondary N) is 2. The summed E-state index contributed by atoms with van der Waals surface area (Å²) in [7, 11) is 3.45. The van der Waals surface area contributed by atoms with E-state index in [0.29, 0.717) is 35.8 Å². The standard InChI is InChI=1S/C19H21FN6O2S/c1-10(11-4-12(20)7-22-6-11)23-19-24-14-5-15(21-2)29-17(14)16(25-19)18(27)26-8-13(9-26)28-3/h4-7,10,13,21H,8-9H2,1-3H3,(H,23,24,25)/t10-/m0/s1. The lowest BCUT2D eigenvalue weighted by atomic mass is 10.1. The molecule has 29 heavy (non-hydrogen) atoms.